The molecule has 0 radical (unpaired) electrons. The topological polar surface area (TPSA) is 39.4 Å². The number of hydrogen-bond acceptors (Lipinski definition) is 3. The van der Waals surface area contributed by atoms with Crippen LogP contribution in [0.1, 0.15) is 11.1 Å². The van der Waals surface area contributed by atoms with Crippen LogP contribution in [0.2, 0.25) is 5.02 Å². The van der Waals surface area contributed by atoms with Gasteiger partial charge in [-0.25, -0.2) is 0 Å². The van der Waals surface area contributed by atoms with Crippen molar-refractivity contribution >= 4 is 22.6 Å². The minimum absolute atomic E-state index is 0.179. The maximum atomic E-state index is 13.1. The first kappa shape index (κ1) is 17.4. The van der Waals surface area contributed by atoms with E-state index < -0.39 is 0 Å². The Morgan fingerprint density at radius 2 is 1.63 bits per heavy atom. The molecule has 1 aromatic heterocycles. The second kappa shape index (κ2) is 7.29. The Balaban J connectivity index is 1.82. The molecule has 3 nitrogen and oxygen atoms in total. The van der Waals surface area contributed by atoms with E-state index in [9.17, 15) is 4.79 Å². The van der Waals surface area contributed by atoms with Crippen molar-refractivity contribution in [3.05, 3.63) is 99.2 Å². The number of para-hydroxylation sites is 1. The van der Waals surface area contributed by atoms with Crippen molar-refractivity contribution in [2.24, 2.45) is 0 Å². The van der Waals surface area contributed by atoms with Gasteiger partial charge in [0.25, 0.3) is 0 Å². The second-order valence-electron chi connectivity index (χ2n) is 6.37. The summed E-state index contributed by atoms with van der Waals surface area (Å²) >= 11 is 5.93. The van der Waals surface area contributed by atoms with Crippen molar-refractivity contribution in [1.82, 2.24) is 0 Å². The Morgan fingerprint density at radius 1 is 0.926 bits per heavy atom. The molecule has 0 N–H and O–H groups in total. The summed E-state index contributed by atoms with van der Waals surface area (Å²) in [5, 5.41) is 1.16. The van der Waals surface area contributed by atoms with Gasteiger partial charge in [0, 0.05) is 10.6 Å². The van der Waals surface area contributed by atoms with Gasteiger partial charge < -0.3 is 9.15 Å². The highest BCUT2D eigenvalue weighted by atomic mass is 35.5. The minimum atomic E-state index is -0.179. The number of rotatable bonds is 4. The van der Waals surface area contributed by atoms with Gasteiger partial charge in [0.05, 0.1) is 5.39 Å². The molecule has 1 heterocycles. The van der Waals surface area contributed by atoms with Gasteiger partial charge in [0.2, 0.25) is 11.2 Å². The zero-order valence-electron chi connectivity index (χ0n) is 14.7. The number of hydrogen-bond donors (Lipinski definition) is 0. The van der Waals surface area contributed by atoms with E-state index in [0.717, 1.165) is 16.7 Å². The van der Waals surface area contributed by atoms with Crippen LogP contribution in [0.5, 0.6) is 5.75 Å². The molecule has 0 aliphatic rings. The molecule has 0 unspecified atom stereocenters. The van der Waals surface area contributed by atoms with Crippen molar-refractivity contribution in [2.45, 2.75) is 13.5 Å². The minimum Gasteiger partial charge on any atom is -0.481 e. The van der Waals surface area contributed by atoms with Gasteiger partial charge in [-0.15, -0.1) is 0 Å². The molecule has 0 spiro atoms. The van der Waals surface area contributed by atoms with Crippen LogP contribution >= 0.6 is 11.6 Å². The summed E-state index contributed by atoms with van der Waals surface area (Å²) in [5.74, 6) is 0.653. The molecule has 0 bridgehead atoms. The number of benzene rings is 3. The summed E-state index contributed by atoms with van der Waals surface area (Å²) in [6.07, 6.45) is 0. The molecule has 0 saturated heterocycles. The Labute approximate surface area is 161 Å². The van der Waals surface area contributed by atoms with Crippen LogP contribution in [0.15, 0.2) is 82.0 Å². The van der Waals surface area contributed by atoms with Gasteiger partial charge in [-0.1, -0.05) is 65.7 Å². The lowest BCUT2D eigenvalue weighted by Crippen LogP contribution is -2.10. The zero-order valence-corrected chi connectivity index (χ0v) is 15.5. The molecule has 0 amide bonds. The van der Waals surface area contributed by atoms with E-state index >= 15 is 0 Å². The summed E-state index contributed by atoms with van der Waals surface area (Å²) in [6.45, 7) is 2.26. The zero-order chi connectivity index (χ0) is 18.8. The highest BCUT2D eigenvalue weighted by molar-refractivity contribution is 6.30. The third-order valence-electron chi connectivity index (χ3n) is 4.37. The van der Waals surface area contributed by atoms with Crippen molar-refractivity contribution < 1.29 is 9.15 Å². The van der Waals surface area contributed by atoms with Crippen LogP contribution in [0.25, 0.3) is 22.3 Å². The molecule has 0 saturated carbocycles. The largest absolute Gasteiger partial charge is 0.481 e. The van der Waals surface area contributed by atoms with Crippen molar-refractivity contribution in [3.8, 4) is 17.1 Å². The smallest absolute Gasteiger partial charge is 0.235 e. The first-order valence-electron chi connectivity index (χ1n) is 8.62. The Kier molecular flexibility index (Phi) is 4.69. The van der Waals surface area contributed by atoms with Gasteiger partial charge in [-0.3, -0.25) is 4.79 Å². The van der Waals surface area contributed by atoms with E-state index in [1.165, 1.54) is 0 Å². The highest BCUT2D eigenvalue weighted by Crippen LogP contribution is 2.31. The van der Waals surface area contributed by atoms with Crippen LogP contribution in [-0.2, 0) is 6.61 Å². The van der Waals surface area contributed by atoms with E-state index in [-0.39, 0.29) is 17.8 Å². The normalized spacial score (nSPS) is 10.9. The average Bonchev–Trinajstić information content (AvgIpc) is 2.69. The van der Waals surface area contributed by atoms with E-state index in [2.05, 4.69) is 0 Å². The fraction of sp³-hybridized carbons (Fsp3) is 0.0870. The van der Waals surface area contributed by atoms with E-state index in [1.54, 1.807) is 24.3 Å². The highest BCUT2D eigenvalue weighted by Gasteiger charge is 2.17. The monoisotopic (exact) mass is 376 g/mol. The number of ether oxygens (including phenoxy) is 1. The van der Waals surface area contributed by atoms with Gasteiger partial charge >= 0.3 is 0 Å². The lowest BCUT2D eigenvalue weighted by Gasteiger charge is -2.12. The molecule has 27 heavy (non-hydrogen) atoms. The molecule has 4 aromatic rings. The number of halogens is 1. The number of aryl methyl sites for hydroxylation is 1. The molecular formula is C23H17ClO3. The lowest BCUT2D eigenvalue weighted by molar-refractivity contribution is 0.298. The molecule has 0 aliphatic carbocycles. The Morgan fingerprint density at radius 3 is 2.37 bits per heavy atom. The summed E-state index contributed by atoms with van der Waals surface area (Å²) in [7, 11) is 0. The maximum absolute atomic E-state index is 13.1. The van der Waals surface area contributed by atoms with Crippen molar-refractivity contribution in [1.29, 1.82) is 0 Å². The Bertz CT molecular complexity index is 1140. The SMILES string of the molecule is Cc1ccc(-c2oc3ccccc3c(=O)c2OCc2ccc(Cl)cc2)cc1. The summed E-state index contributed by atoms with van der Waals surface area (Å²) in [6, 6.07) is 22.3. The quantitative estimate of drug-likeness (QED) is 0.438. The van der Waals surface area contributed by atoms with E-state index in [0.29, 0.717) is 21.8 Å². The van der Waals surface area contributed by atoms with Crippen LogP contribution in [0, 0.1) is 6.92 Å². The predicted molar refractivity (Wildman–Crippen MR) is 108 cm³/mol. The molecule has 0 aliphatic heterocycles. The maximum Gasteiger partial charge on any atom is 0.235 e. The van der Waals surface area contributed by atoms with Crippen molar-refractivity contribution in [3.63, 3.8) is 0 Å². The molecule has 0 fully saturated rings. The molecule has 134 valence electrons. The van der Waals surface area contributed by atoms with Gasteiger partial charge in [0.1, 0.15) is 12.2 Å². The van der Waals surface area contributed by atoms with E-state index in [1.807, 2.05) is 55.5 Å². The van der Waals surface area contributed by atoms with Crippen molar-refractivity contribution in [2.75, 3.05) is 0 Å². The fourth-order valence-corrected chi connectivity index (χ4v) is 3.01. The van der Waals surface area contributed by atoms with Gasteiger partial charge in [-0.05, 0) is 36.8 Å². The lowest BCUT2D eigenvalue weighted by atomic mass is 10.1. The first-order chi connectivity index (χ1) is 13.1. The average molecular weight is 377 g/mol. The number of fused-ring (bicyclic) bond motifs is 1. The molecular weight excluding hydrogens is 360 g/mol. The molecule has 3 aromatic carbocycles. The standard InChI is InChI=1S/C23H17ClO3/c1-15-6-10-17(11-7-15)22-23(26-14-16-8-12-18(24)13-9-16)21(25)19-4-2-3-5-20(19)27-22/h2-13H,14H2,1H3. The third kappa shape index (κ3) is 3.60. The first-order valence-corrected chi connectivity index (χ1v) is 9.00. The predicted octanol–water partition coefficient (Wildman–Crippen LogP) is 6.00. The van der Waals surface area contributed by atoms with E-state index in [4.69, 9.17) is 20.8 Å². The molecule has 0 atom stereocenters. The van der Waals surface area contributed by atoms with Gasteiger partial charge in [0.15, 0.2) is 5.76 Å². The van der Waals surface area contributed by atoms with Gasteiger partial charge in [-0.2, -0.15) is 0 Å². The summed E-state index contributed by atoms with van der Waals surface area (Å²) in [5.41, 5.74) is 3.21. The van der Waals surface area contributed by atoms with Crippen LogP contribution in [0.3, 0.4) is 0 Å². The second-order valence-corrected chi connectivity index (χ2v) is 6.80. The Hall–Kier alpha value is -3.04. The fourth-order valence-electron chi connectivity index (χ4n) is 2.89. The van der Waals surface area contributed by atoms with Crippen LogP contribution in [0.4, 0.5) is 0 Å². The third-order valence-corrected chi connectivity index (χ3v) is 4.62. The summed E-state index contributed by atoms with van der Waals surface area (Å²) in [4.78, 5) is 13.1. The van der Waals surface area contributed by atoms with Crippen LogP contribution < -0.4 is 10.2 Å². The van der Waals surface area contributed by atoms with Crippen LogP contribution in [-0.4, -0.2) is 0 Å². The molecule has 4 rings (SSSR count). The molecule has 4 heteroatoms. The summed E-state index contributed by atoms with van der Waals surface area (Å²) < 4.78 is 12.0.